The van der Waals surface area contributed by atoms with E-state index in [1.54, 1.807) is 36.7 Å². The third kappa shape index (κ3) is 4.25. The zero-order valence-corrected chi connectivity index (χ0v) is 17.2. The summed E-state index contributed by atoms with van der Waals surface area (Å²) in [6, 6.07) is 11.3. The minimum atomic E-state index is -3.63. The van der Waals surface area contributed by atoms with Crippen molar-refractivity contribution in [3.05, 3.63) is 60.6 Å². The van der Waals surface area contributed by atoms with Crippen molar-refractivity contribution in [3.63, 3.8) is 0 Å². The molecule has 0 atom stereocenters. The number of rotatable bonds is 5. The van der Waals surface area contributed by atoms with Crippen molar-refractivity contribution in [2.45, 2.75) is 4.90 Å². The van der Waals surface area contributed by atoms with Crippen LogP contribution in [-0.2, 0) is 10.0 Å². The van der Waals surface area contributed by atoms with Crippen molar-refractivity contribution in [2.75, 3.05) is 38.5 Å². The number of piperazine rings is 1. The smallest absolute Gasteiger partial charge is 0.277 e. The molecule has 0 spiro atoms. The number of hydrogen-bond donors (Lipinski definition) is 1. The van der Waals surface area contributed by atoms with Gasteiger partial charge in [0.15, 0.2) is 11.5 Å². The van der Waals surface area contributed by atoms with Crippen molar-refractivity contribution in [3.8, 4) is 11.3 Å². The number of benzene rings is 1. The average molecular weight is 427 g/mol. The van der Waals surface area contributed by atoms with Crippen molar-refractivity contribution >= 4 is 21.6 Å². The van der Waals surface area contributed by atoms with E-state index < -0.39 is 15.9 Å². The number of amides is 1. The molecule has 0 bridgehead atoms. The van der Waals surface area contributed by atoms with Crippen LogP contribution in [0.5, 0.6) is 0 Å². The summed E-state index contributed by atoms with van der Waals surface area (Å²) >= 11 is 0. The number of sulfonamides is 1. The van der Waals surface area contributed by atoms with Gasteiger partial charge in [-0.3, -0.25) is 9.78 Å². The first-order chi connectivity index (χ1) is 14.4. The molecule has 0 radical (unpaired) electrons. The Labute approximate surface area is 174 Å². The predicted octanol–water partition coefficient (Wildman–Crippen LogP) is 1.92. The number of nitrogens with zero attached hydrogens (tertiary/aromatic N) is 4. The zero-order valence-electron chi connectivity index (χ0n) is 16.4. The minimum absolute atomic E-state index is 0.0844. The first kappa shape index (κ1) is 20.2. The molecule has 0 aliphatic carbocycles. The highest BCUT2D eigenvalue weighted by molar-refractivity contribution is 7.89. The van der Waals surface area contributed by atoms with E-state index in [1.807, 2.05) is 7.05 Å². The molecule has 10 heteroatoms. The van der Waals surface area contributed by atoms with E-state index in [4.69, 9.17) is 4.52 Å². The van der Waals surface area contributed by atoms with Crippen LogP contribution in [0.1, 0.15) is 10.5 Å². The van der Waals surface area contributed by atoms with Gasteiger partial charge in [-0.1, -0.05) is 11.2 Å². The maximum atomic E-state index is 12.9. The SMILES string of the molecule is CN1CCN(S(=O)(=O)c2cccc(NC(=O)c3cc(-c4cccnc4)on3)c2)CC1. The van der Waals surface area contributed by atoms with Crippen LogP contribution in [0, 0.1) is 0 Å². The maximum Gasteiger partial charge on any atom is 0.277 e. The fraction of sp³-hybridized carbons (Fsp3) is 0.250. The number of anilines is 1. The topological polar surface area (TPSA) is 109 Å². The molecule has 3 aromatic rings. The molecule has 4 rings (SSSR count). The van der Waals surface area contributed by atoms with Crippen molar-refractivity contribution in [1.82, 2.24) is 19.3 Å². The van der Waals surface area contributed by atoms with Crippen LogP contribution in [0.3, 0.4) is 0 Å². The normalized spacial score (nSPS) is 15.8. The third-order valence-electron chi connectivity index (χ3n) is 4.88. The summed E-state index contributed by atoms with van der Waals surface area (Å²) in [6.07, 6.45) is 3.24. The summed E-state index contributed by atoms with van der Waals surface area (Å²) in [5.41, 5.74) is 1.15. The monoisotopic (exact) mass is 427 g/mol. The van der Waals surface area contributed by atoms with Gasteiger partial charge in [0.2, 0.25) is 10.0 Å². The van der Waals surface area contributed by atoms with E-state index >= 15 is 0 Å². The van der Waals surface area contributed by atoms with E-state index in [0.717, 1.165) is 0 Å². The minimum Gasteiger partial charge on any atom is -0.355 e. The molecule has 1 amide bonds. The standard InChI is InChI=1S/C20H21N5O4S/c1-24-8-10-25(11-9-24)30(27,28)17-6-2-5-16(12-17)22-20(26)18-13-19(29-23-18)15-4-3-7-21-14-15/h2-7,12-14H,8-11H2,1H3,(H,22,26). The Kier molecular flexibility index (Phi) is 5.62. The van der Waals surface area contributed by atoms with Gasteiger partial charge in [-0.25, -0.2) is 8.42 Å². The highest BCUT2D eigenvalue weighted by Crippen LogP contribution is 2.22. The number of carbonyl (C=O) groups excluding carboxylic acids is 1. The predicted molar refractivity (Wildman–Crippen MR) is 110 cm³/mol. The Hall–Kier alpha value is -3.08. The van der Waals surface area contributed by atoms with E-state index in [1.165, 1.54) is 22.5 Å². The lowest BCUT2D eigenvalue weighted by molar-refractivity contribution is 0.101. The average Bonchev–Trinajstić information content (AvgIpc) is 3.25. The first-order valence-corrected chi connectivity index (χ1v) is 10.8. The maximum absolute atomic E-state index is 12.9. The summed E-state index contributed by atoms with van der Waals surface area (Å²) in [4.78, 5) is 18.8. The molecule has 1 aliphatic heterocycles. The van der Waals surface area contributed by atoms with Gasteiger partial charge in [-0.15, -0.1) is 0 Å². The number of carbonyl (C=O) groups is 1. The second kappa shape index (κ2) is 8.34. The van der Waals surface area contributed by atoms with Crippen LogP contribution < -0.4 is 5.32 Å². The molecule has 156 valence electrons. The molecule has 1 aromatic carbocycles. The molecule has 3 heterocycles. The summed E-state index contributed by atoms with van der Waals surface area (Å²) in [7, 11) is -1.66. The number of hydrogen-bond acceptors (Lipinski definition) is 7. The van der Waals surface area contributed by atoms with E-state index in [-0.39, 0.29) is 10.6 Å². The Morgan fingerprint density at radius 3 is 2.63 bits per heavy atom. The lowest BCUT2D eigenvalue weighted by atomic mass is 10.2. The largest absolute Gasteiger partial charge is 0.355 e. The molecule has 1 saturated heterocycles. The highest BCUT2D eigenvalue weighted by atomic mass is 32.2. The summed E-state index contributed by atoms with van der Waals surface area (Å²) < 4.78 is 32.5. The Morgan fingerprint density at radius 1 is 1.10 bits per heavy atom. The quantitative estimate of drug-likeness (QED) is 0.663. The van der Waals surface area contributed by atoms with Crippen LogP contribution in [0.25, 0.3) is 11.3 Å². The molecule has 0 saturated carbocycles. The first-order valence-electron chi connectivity index (χ1n) is 9.41. The molecule has 1 N–H and O–H groups in total. The molecular formula is C20H21N5O4S. The molecule has 1 fully saturated rings. The molecule has 9 nitrogen and oxygen atoms in total. The molecule has 2 aromatic heterocycles. The Balaban J connectivity index is 1.49. The second-order valence-electron chi connectivity index (χ2n) is 7.01. The Bertz CT molecular complexity index is 1140. The summed E-state index contributed by atoms with van der Waals surface area (Å²) in [6.45, 7) is 2.24. The number of pyridine rings is 1. The van der Waals surface area contributed by atoms with Crippen LogP contribution in [0.15, 0.2) is 64.3 Å². The van der Waals surface area contributed by atoms with Crippen LogP contribution in [-0.4, -0.2) is 66.9 Å². The van der Waals surface area contributed by atoms with Gasteiger partial charge in [-0.2, -0.15) is 4.31 Å². The van der Waals surface area contributed by atoms with E-state index in [0.29, 0.717) is 43.2 Å². The van der Waals surface area contributed by atoms with E-state index in [2.05, 4.69) is 20.4 Å². The van der Waals surface area contributed by atoms with Gasteiger partial charge in [0.25, 0.3) is 5.91 Å². The molecule has 0 unspecified atom stereocenters. The summed E-state index contributed by atoms with van der Waals surface area (Å²) in [5, 5.41) is 6.47. The van der Waals surface area contributed by atoms with Crippen molar-refractivity contribution < 1.29 is 17.7 Å². The van der Waals surface area contributed by atoms with Crippen LogP contribution in [0.4, 0.5) is 5.69 Å². The van der Waals surface area contributed by atoms with Gasteiger partial charge in [0.05, 0.1) is 4.90 Å². The number of likely N-dealkylation sites (N-methyl/N-ethyl adjacent to an activating group) is 1. The van der Waals surface area contributed by atoms with Crippen LogP contribution in [0.2, 0.25) is 0 Å². The lowest BCUT2D eigenvalue weighted by Crippen LogP contribution is -2.47. The highest BCUT2D eigenvalue weighted by Gasteiger charge is 2.27. The van der Waals surface area contributed by atoms with Gasteiger partial charge in [-0.05, 0) is 37.4 Å². The van der Waals surface area contributed by atoms with Crippen LogP contribution >= 0.6 is 0 Å². The molecular weight excluding hydrogens is 406 g/mol. The third-order valence-corrected chi connectivity index (χ3v) is 6.78. The summed E-state index contributed by atoms with van der Waals surface area (Å²) in [5.74, 6) is -0.0809. The van der Waals surface area contributed by atoms with Gasteiger partial charge in [0.1, 0.15) is 0 Å². The molecule has 1 aliphatic rings. The second-order valence-corrected chi connectivity index (χ2v) is 8.95. The number of aromatic nitrogens is 2. The fourth-order valence-electron chi connectivity index (χ4n) is 3.13. The fourth-order valence-corrected chi connectivity index (χ4v) is 4.60. The van der Waals surface area contributed by atoms with Gasteiger partial charge in [0, 0.05) is 55.9 Å². The zero-order chi connectivity index (χ0) is 21.1. The van der Waals surface area contributed by atoms with E-state index in [9.17, 15) is 13.2 Å². The van der Waals surface area contributed by atoms with Crippen molar-refractivity contribution in [1.29, 1.82) is 0 Å². The van der Waals surface area contributed by atoms with Gasteiger partial charge >= 0.3 is 0 Å². The number of nitrogens with one attached hydrogen (secondary N) is 1. The lowest BCUT2D eigenvalue weighted by Gasteiger charge is -2.31. The van der Waals surface area contributed by atoms with Gasteiger partial charge < -0.3 is 14.7 Å². The molecule has 30 heavy (non-hydrogen) atoms. The Morgan fingerprint density at radius 2 is 1.90 bits per heavy atom. The van der Waals surface area contributed by atoms with Crippen molar-refractivity contribution in [2.24, 2.45) is 0 Å².